The molecule has 3 aromatic rings. The van der Waals surface area contributed by atoms with Crippen LogP contribution in [0.4, 0.5) is 0 Å². The number of benzene rings is 3. The average Bonchev–Trinajstić information content (AvgIpc) is 2.74. The van der Waals surface area contributed by atoms with Crippen LogP contribution in [0.5, 0.6) is 11.5 Å². The molecule has 0 aliphatic carbocycles. The Kier molecular flexibility index (Phi) is 7.49. The number of aryl methyl sites for hydroxylation is 1. The van der Waals surface area contributed by atoms with Crippen LogP contribution in [0.1, 0.15) is 27.0 Å². The van der Waals surface area contributed by atoms with E-state index in [9.17, 15) is 4.79 Å². The molecule has 0 aliphatic rings. The van der Waals surface area contributed by atoms with E-state index in [1.54, 1.807) is 25.5 Å². The van der Waals surface area contributed by atoms with Gasteiger partial charge in [-0.15, -0.1) is 0 Å². The van der Waals surface area contributed by atoms with Gasteiger partial charge in [-0.1, -0.05) is 41.9 Å². The van der Waals surface area contributed by atoms with Crippen molar-refractivity contribution >= 4 is 39.7 Å². The van der Waals surface area contributed by atoms with E-state index in [4.69, 9.17) is 21.1 Å². The van der Waals surface area contributed by atoms with Gasteiger partial charge in [0, 0.05) is 10.6 Å². The van der Waals surface area contributed by atoms with Gasteiger partial charge in [0.1, 0.15) is 6.61 Å². The van der Waals surface area contributed by atoms with Crippen molar-refractivity contribution in [3.05, 3.63) is 92.4 Å². The molecule has 154 valence electrons. The van der Waals surface area contributed by atoms with Crippen LogP contribution in [0.15, 0.2) is 70.2 Å². The van der Waals surface area contributed by atoms with Gasteiger partial charge in [0.05, 0.1) is 17.8 Å². The first-order valence-corrected chi connectivity index (χ1v) is 10.3. The molecule has 7 heteroatoms. The lowest BCUT2D eigenvalue weighted by atomic mass is 10.1. The molecular weight excluding hydrogens is 468 g/mol. The number of hydrogen-bond acceptors (Lipinski definition) is 4. The molecule has 1 amide bonds. The van der Waals surface area contributed by atoms with Gasteiger partial charge in [-0.25, -0.2) is 5.43 Å². The van der Waals surface area contributed by atoms with Gasteiger partial charge < -0.3 is 9.47 Å². The van der Waals surface area contributed by atoms with Crippen LogP contribution in [0, 0.1) is 6.92 Å². The third-order valence-electron chi connectivity index (χ3n) is 4.32. The maximum atomic E-state index is 12.3. The molecule has 0 spiro atoms. The summed E-state index contributed by atoms with van der Waals surface area (Å²) in [7, 11) is 1.57. The molecule has 30 heavy (non-hydrogen) atoms. The molecule has 5 nitrogen and oxygen atoms in total. The molecule has 0 heterocycles. The Bertz CT molecular complexity index is 1070. The summed E-state index contributed by atoms with van der Waals surface area (Å²) in [5.74, 6) is 0.858. The highest BCUT2D eigenvalue weighted by atomic mass is 79.9. The first-order valence-electron chi connectivity index (χ1n) is 9.11. The number of hydrazone groups is 1. The molecule has 0 bridgehead atoms. The number of ether oxygens (including phenoxy) is 2. The lowest BCUT2D eigenvalue weighted by Gasteiger charge is -2.13. The van der Waals surface area contributed by atoms with Crippen molar-refractivity contribution in [2.24, 2.45) is 5.10 Å². The van der Waals surface area contributed by atoms with E-state index < -0.39 is 0 Å². The zero-order chi connectivity index (χ0) is 21.5. The van der Waals surface area contributed by atoms with E-state index >= 15 is 0 Å². The molecule has 0 aromatic heterocycles. The minimum absolute atomic E-state index is 0.265. The van der Waals surface area contributed by atoms with Crippen LogP contribution >= 0.6 is 27.5 Å². The Morgan fingerprint density at radius 3 is 2.60 bits per heavy atom. The van der Waals surface area contributed by atoms with Crippen molar-refractivity contribution in [3.8, 4) is 11.5 Å². The van der Waals surface area contributed by atoms with Crippen LogP contribution in [-0.4, -0.2) is 19.2 Å². The van der Waals surface area contributed by atoms with Crippen molar-refractivity contribution in [1.29, 1.82) is 0 Å². The second-order valence-corrected chi connectivity index (χ2v) is 7.75. The Balaban J connectivity index is 1.70. The van der Waals surface area contributed by atoms with E-state index in [1.165, 1.54) is 0 Å². The maximum absolute atomic E-state index is 12.3. The number of carbonyl (C=O) groups excluding carboxylic acids is 1. The van der Waals surface area contributed by atoms with Crippen LogP contribution < -0.4 is 14.9 Å². The number of carbonyl (C=O) groups is 1. The third kappa shape index (κ3) is 5.62. The summed E-state index contributed by atoms with van der Waals surface area (Å²) in [6, 6.07) is 18.4. The number of methoxy groups -OCH3 is 1. The summed E-state index contributed by atoms with van der Waals surface area (Å²) in [4.78, 5) is 12.3. The molecule has 0 fully saturated rings. The van der Waals surface area contributed by atoms with Crippen LogP contribution in [0.25, 0.3) is 0 Å². The van der Waals surface area contributed by atoms with Gasteiger partial charge >= 0.3 is 0 Å². The summed E-state index contributed by atoms with van der Waals surface area (Å²) < 4.78 is 12.1. The molecular formula is C23H20BrClN2O3. The number of rotatable bonds is 7. The fraction of sp³-hybridized carbons (Fsp3) is 0.130. The van der Waals surface area contributed by atoms with Crippen molar-refractivity contribution in [2.45, 2.75) is 13.5 Å². The number of hydrogen-bond donors (Lipinski definition) is 1. The normalized spacial score (nSPS) is 10.8. The first-order chi connectivity index (χ1) is 14.5. The monoisotopic (exact) mass is 486 g/mol. The van der Waals surface area contributed by atoms with Crippen molar-refractivity contribution in [1.82, 2.24) is 5.43 Å². The lowest BCUT2D eigenvalue weighted by molar-refractivity contribution is 0.0954. The van der Waals surface area contributed by atoms with E-state index in [2.05, 4.69) is 26.5 Å². The average molecular weight is 488 g/mol. The zero-order valence-corrected chi connectivity index (χ0v) is 18.8. The van der Waals surface area contributed by atoms with E-state index in [-0.39, 0.29) is 5.91 Å². The van der Waals surface area contributed by atoms with Gasteiger partial charge in [0.15, 0.2) is 11.5 Å². The zero-order valence-electron chi connectivity index (χ0n) is 16.5. The number of amides is 1. The molecule has 1 N–H and O–H groups in total. The highest BCUT2D eigenvalue weighted by Gasteiger charge is 2.12. The van der Waals surface area contributed by atoms with E-state index in [1.807, 2.05) is 55.5 Å². The predicted molar refractivity (Wildman–Crippen MR) is 123 cm³/mol. The summed E-state index contributed by atoms with van der Waals surface area (Å²) in [5.41, 5.74) is 5.73. The molecule has 0 unspecified atom stereocenters. The minimum atomic E-state index is -0.265. The molecule has 0 saturated heterocycles. The van der Waals surface area contributed by atoms with Gasteiger partial charge in [-0.3, -0.25) is 4.79 Å². The van der Waals surface area contributed by atoms with Crippen LogP contribution in [0.3, 0.4) is 0 Å². The molecule has 0 saturated carbocycles. The SMILES string of the molecule is COc1cc(/C=N/NC(=O)c2ccccc2C)cc(Br)c1OCc1ccc(Cl)cc1. The Morgan fingerprint density at radius 2 is 1.90 bits per heavy atom. The number of nitrogens with zero attached hydrogens (tertiary/aromatic N) is 1. The Labute approximate surface area is 188 Å². The fourth-order valence-corrected chi connectivity index (χ4v) is 3.44. The summed E-state index contributed by atoms with van der Waals surface area (Å²) in [6.45, 7) is 2.25. The highest BCUT2D eigenvalue weighted by Crippen LogP contribution is 2.36. The molecule has 0 aliphatic heterocycles. The Hall–Kier alpha value is -2.83. The fourth-order valence-electron chi connectivity index (χ4n) is 2.74. The standard InChI is InChI=1S/C23H20BrClN2O3/c1-15-5-3-4-6-19(15)23(28)27-26-13-17-11-20(24)22(21(12-17)29-2)30-14-16-7-9-18(25)10-8-16/h3-13H,14H2,1-2H3,(H,27,28)/b26-13+. The minimum Gasteiger partial charge on any atom is -0.493 e. The third-order valence-corrected chi connectivity index (χ3v) is 5.16. The smallest absolute Gasteiger partial charge is 0.271 e. The Morgan fingerprint density at radius 1 is 1.17 bits per heavy atom. The van der Waals surface area contributed by atoms with Crippen molar-refractivity contribution in [2.75, 3.05) is 7.11 Å². The topological polar surface area (TPSA) is 59.9 Å². The van der Waals surface area contributed by atoms with Crippen molar-refractivity contribution < 1.29 is 14.3 Å². The van der Waals surface area contributed by atoms with Gasteiger partial charge in [-0.05, 0) is 69.9 Å². The van der Waals surface area contributed by atoms with Gasteiger partial charge in [0.2, 0.25) is 0 Å². The quantitative estimate of drug-likeness (QED) is 0.340. The van der Waals surface area contributed by atoms with Crippen LogP contribution in [0.2, 0.25) is 5.02 Å². The summed E-state index contributed by atoms with van der Waals surface area (Å²) in [5, 5.41) is 4.73. The lowest BCUT2D eigenvalue weighted by Crippen LogP contribution is -2.18. The van der Waals surface area contributed by atoms with E-state index in [0.29, 0.717) is 33.2 Å². The molecule has 0 radical (unpaired) electrons. The largest absolute Gasteiger partial charge is 0.493 e. The second-order valence-electron chi connectivity index (χ2n) is 6.46. The number of nitrogens with one attached hydrogen (secondary N) is 1. The van der Waals surface area contributed by atoms with Crippen molar-refractivity contribution in [3.63, 3.8) is 0 Å². The summed E-state index contributed by atoms with van der Waals surface area (Å²) >= 11 is 9.43. The van der Waals surface area contributed by atoms with E-state index in [0.717, 1.165) is 16.7 Å². The van der Waals surface area contributed by atoms with Crippen LogP contribution in [-0.2, 0) is 6.61 Å². The number of halogens is 2. The maximum Gasteiger partial charge on any atom is 0.271 e. The predicted octanol–water partition coefficient (Wildman–Crippen LogP) is 5.76. The summed E-state index contributed by atoms with van der Waals surface area (Å²) in [6.07, 6.45) is 1.55. The molecule has 3 aromatic carbocycles. The first kappa shape index (κ1) is 21.9. The van der Waals surface area contributed by atoms with Gasteiger partial charge in [-0.2, -0.15) is 5.10 Å². The molecule has 3 rings (SSSR count). The second kappa shape index (κ2) is 10.3. The highest BCUT2D eigenvalue weighted by molar-refractivity contribution is 9.10. The van der Waals surface area contributed by atoms with Gasteiger partial charge in [0.25, 0.3) is 5.91 Å². The molecule has 0 atom stereocenters.